The van der Waals surface area contributed by atoms with Gasteiger partial charge in [0.15, 0.2) is 11.5 Å². The standard InChI is InChI=1S/C19H28N4O2/c1-5-23(6-2)19-15-12-18-17(24-9-10-25-18)11-14(15)16(13-21-19)20-7-8-22(3)4/h11-13,20H,5-10H2,1-4H3. The van der Waals surface area contributed by atoms with E-state index in [4.69, 9.17) is 14.5 Å². The number of likely N-dealkylation sites (N-methyl/N-ethyl adjacent to an activating group) is 1. The van der Waals surface area contributed by atoms with E-state index in [9.17, 15) is 0 Å². The van der Waals surface area contributed by atoms with Gasteiger partial charge < -0.3 is 24.6 Å². The highest BCUT2D eigenvalue weighted by Crippen LogP contribution is 2.40. The van der Waals surface area contributed by atoms with Crippen molar-refractivity contribution in [3.05, 3.63) is 18.3 Å². The van der Waals surface area contributed by atoms with Crippen molar-refractivity contribution < 1.29 is 9.47 Å². The second-order valence-corrected chi connectivity index (χ2v) is 6.44. The Labute approximate surface area is 149 Å². The fraction of sp³-hybridized carbons (Fsp3) is 0.526. The zero-order chi connectivity index (χ0) is 17.8. The van der Waals surface area contributed by atoms with Gasteiger partial charge in [-0.1, -0.05) is 0 Å². The van der Waals surface area contributed by atoms with Gasteiger partial charge in [0.05, 0.1) is 11.9 Å². The third-order valence-corrected chi connectivity index (χ3v) is 4.47. The molecule has 0 amide bonds. The van der Waals surface area contributed by atoms with Gasteiger partial charge >= 0.3 is 0 Å². The highest BCUT2D eigenvalue weighted by Gasteiger charge is 2.18. The van der Waals surface area contributed by atoms with Gasteiger partial charge in [0.25, 0.3) is 0 Å². The van der Waals surface area contributed by atoms with Gasteiger partial charge in [-0.25, -0.2) is 4.98 Å². The van der Waals surface area contributed by atoms with Crippen LogP contribution in [0.1, 0.15) is 13.8 Å². The lowest BCUT2D eigenvalue weighted by molar-refractivity contribution is 0.172. The Morgan fingerprint density at radius 3 is 2.28 bits per heavy atom. The number of fused-ring (bicyclic) bond motifs is 2. The lowest BCUT2D eigenvalue weighted by Gasteiger charge is -2.25. The molecule has 1 N–H and O–H groups in total. The second kappa shape index (κ2) is 7.78. The number of hydrogen-bond donors (Lipinski definition) is 1. The van der Waals surface area contributed by atoms with Crippen LogP contribution in [0.5, 0.6) is 11.5 Å². The summed E-state index contributed by atoms with van der Waals surface area (Å²) >= 11 is 0. The Bertz CT molecular complexity index is 729. The number of aromatic nitrogens is 1. The maximum absolute atomic E-state index is 5.79. The SMILES string of the molecule is CCN(CC)c1ncc(NCCN(C)C)c2cc3c(cc12)OCCO3. The number of pyridine rings is 1. The molecule has 6 nitrogen and oxygen atoms in total. The van der Waals surface area contributed by atoms with Crippen molar-refractivity contribution in [2.75, 3.05) is 63.7 Å². The first-order chi connectivity index (χ1) is 12.1. The Balaban J connectivity index is 2.06. The van der Waals surface area contributed by atoms with E-state index in [1.165, 1.54) is 0 Å². The molecule has 1 aromatic carbocycles. The zero-order valence-electron chi connectivity index (χ0n) is 15.6. The Hall–Kier alpha value is -2.21. The van der Waals surface area contributed by atoms with Crippen LogP contribution >= 0.6 is 0 Å². The van der Waals surface area contributed by atoms with Crippen LogP contribution in [0.3, 0.4) is 0 Å². The molecular formula is C19H28N4O2. The maximum Gasteiger partial charge on any atom is 0.162 e. The number of ether oxygens (including phenoxy) is 2. The molecule has 0 aliphatic carbocycles. The van der Waals surface area contributed by atoms with Crippen molar-refractivity contribution in [2.45, 2.75) is 13.8 Å². The minimum absolute atomic E-state index is 0.591. The highest BCUT2D eigenvalue weighted by atomic mass is 16.6. The summed E-state index contributed by atoms with van der Waals surface area (Å²) in [5, 5.41) is 5.73. The lowest BCUT2D eigenvalue weighted by Crippen LogP contribution is -2.24. The minimum Gasteiger partial charge on any atom is -0.486 e. The molecule has 6 heteroatoms. The van der Waals surface area contributed by atoms with Gasteiger partial charge in [0.1, 0.15) is 19.0 Å². The molecule has 0 saturated heterocycles. The molecule has 0 unspecified atom stereocenters. The fourth-order valence-corrected chi connectivity index (χ4v) is 3.09. The first kappa shape index (κ1) is 17.6. The van der Waals surface area contributed by atoms with E-state index in [2.05, 4.69) is 55.2 Å². The van der Waals surface area contributed by atoms with E-state index < -0.39 is 0 Å². The molecule has 2 heterocycles. The predicted octanol–water partition coefficient (Wildman–Crippen LogP) is 2.83. The molecule has 25 heavy (non-hydrogen) atoms. The normalized spacial score (nSPS) is 13.3. The number of hydrogen-bond acceptors (Lipinski definition) is 6. The molecule has 2 aromatic rings. The van der Waals surface area contributed by atoms with Crippen LogP contribution < -0.4 is 19.7 Å². The smallest absolute Gasteiger partial charge is 0.162 e. The summed E-state index contributed by atoms with van der Waals surface area (Å²) in [6.45, 7) is 9.15. The summed E-state index contributed by atoms with van der Waals surface area (Å²) in [5.74, 6) is 2.61. The maximum atomic E-state index is 5.79. The van der Waals surface area contributed by atoms with E-state index in [-0.39, 0.29) is 0 Å². The van der Waals surface area contributed by atoms with E-state index in [1.807, 2.05) is 6.20 Å². The molecular weight excluding hydrogens is 316 g/mol. The summed E-state index contributed by atoms with van der Waals surface area (Å²) in [6, 6.07) is 4.15. The highest BCUT2D eigenvalue weighted by molar-refractivity contribution is 6.02. The van der Waals surface area contributed by atoms with Gasteiger partial charge in [-0.05, 0) is 40.1 Å². The summed E-state index contributed by atoms with van der Waals surface area (Å²) in [7, 11) is 4.14. The third kappa shape index (κ3) is 3.74. The number of benzene rings is 1. The second-order valence-electron chi connectivity index (χ2n) is 6.44. The van der Waals surface area contributed by atoms with Gasteiger partial charge in [-0.3, -0.25) is 0 Å². The van der Waals surface area contributed by atoms with E-state index >= 15 is 0 Å². The number of anilines is 2. The molecule has 0 saturated carbocycles. The van der Waals surface area contributed by atoms with Crippen LogP contribution in [0.4, 0.5) is 11.5 Å². The van der Waals surface area contributed by atoms with Gasteiger partial charge in [0, 0.05) is 37.0 Å². The average molecular weight is 344 g/mol. The van der Waals surface area contributed by atoms with Gasteiger partial charge in [-0.15, -0.1) is 0 Å². The van der Waals surface area contributed by atoms with Gasteiger partial charge in [-0.2, -0.15) is 0 Å². The molecule has 0 bridgehead atoms. The van der Waals surface area contributed by atoms with Crippen LogP contribution in [0, 0.1) is 0 Å². The summed E-state index contributed by atoms with van der Waals surface area (Å²) in [5.41, 5.74) is 1.03. The summed E-state index contributed by atoms with van der Waals surface area (Å²) in [4.78, 5) is 9.17. The quantitative estimate of drug-likeness (QED) is 0.833. The van der Waals surface area contributed by atoms with E-state index in [1.54, 1.807) is 0 Å². The molecule has 1 aliphatic rings. The van der Waals surface area contributed by atoms with Crippen LogP contribution in [-0.2, 0) is 0 Å². The minimum atomic E-state index is 0.591. The van der Waals surface area contributed by atoms with Crippen LogP contribution in [0.25, 0.3) is 10.8 Å². The average Bonchev–Trinajstić information content (AvgIpc) is 2.62. The van der Waals surface area contributed by atoms with E-state index in [0.717, 1.165) is 60.0 Å². The Kier molecular flexibility index (Phi) is 5.48. The number of rotatable bonds is 7. The van der Waals surface area contributed by atoms with Crippen molar-refractivity contribution in [2.24, 2.45) is 0 Å². The van der Waals surface area contributed by atoms with Crippen LogP contribution in [0.15, 0.2) is 18.3 Å². The topological polar surface area (TPSA) is 49.9 Å². The third-order valence-electron chi connectivity index (χ3n) is 4.47. The number of nitrogens with one attached hydrogen (secondary N) is 1. The van der Waals surface area contributed by atoms with Crippen molar-refractivity contribution in [3.63, 3.8) is 0 Å². The Morgan fingerprint density at radius 2 is 1.68 bits per heavy atom. The molecule has 0 radical (unpaired) electrons. The van der Waals surface area contributed by atoms with E-state index in [0.29, 0.717) is 13.2 Å². The van der Waals surface area contributed by atoms with Gasteiger partial charge in [0.2, 0.25) is 0 Å². The van der Waals surface area contributed by atoms with Crippen molar-refractivity contribution >= 4 is 22.3 Å². The lowest BCUT2D eigenvalue weighted by atomic mass is 10.1. The van der Waals surface area contributed by atoms with Crippen molar-refractivity contribution in [1.82, 2.24) is 9.88 Å². The van der Waals surface area contributed by atoms with Crippen LogP contribution in [-0.4, -0.2) is 63.4 Å². The molecule has 3 rings (SSSR count). The van der Waals surface area contributed by atoms with Crippen molar-refractivity contribution in [3.8, 4) is 11.5 Å². The van der Waals surface area contributed by atoms with Crippen molar-refractivity contribution in [1.29, 1.82) is 0 Å². The molecule has 0 fully saturated rings. The number of nitrogens with zero attached hydrogens (tertiary/aromatic N) is 3. The predicted molar refractivity (Wildman–Crippen MR) is 103 cm³/mol. The Morgan fingerprint density at radius 1 is 1.04 bits per heavy atom. The summed E-state index contributed by atoms with van der Waals surface area (Å²) in [6.07, 6.45) is 1.93. The summed E-state index contributed by atoms with van der Waals surface area (Å²) < 4.78 is 11.6. The zero-order valence-corrected chi connectivity index (χ0v) is 15.6. The monoisotopic (exact) mass is 344 g/mol. The fourth-order valence-electron chi connectivity index (χ4n) is 3.09. The van der Waals surface area contributed by atoms with Crippen LogP contribution in [0.2, 0.25) is 0 Å². The molecule has 0 atom stereocenters. The molecule has 1 aliphatic heterocycles. The molecule has 136 valence electrons. The first-order valence-corrected chi connectivity index (χ1v) is 9.00. The molecule has 0 spiro atoms. The first-order valence-electron chi connectivity index (χ1n) is 9.00. The largest absolute Gasteiger partial charge is 0.486 e. The molecule has 1 aromatic heterocycles.